The number of benzene rings is 1. The van der Waals surface area contributed by atoms with Crippen LogP contribution in [-0.2, 0) is 24.0 Å². The second-order valence-corrected chi connectivity index (χ2v) is 11.2. The summed E-state index contributed by atoms with van der Waals surface area (Å²) in [5.41, 5.74) is 1.11. The van der Waals surface area contributed by atoms with E-state index in [9.17, 15) is 29.1 Å². The summed E-state index contributed by atoms with van der Waals surface area (Å²) in [5, 5.41) is 19.1. The van der Waals surface area contributed by atoms with Crippen LogP contribution in [0.5, 0.6) is 5.75 Å². The van der Waals surface area contributed by atoms with Gasteiger partial charge in [-0.3, -0.25) is 33.8 Å². The number of rotatable bonds is 5. The lowest BCUT2D eigenvalue weighted by atomic mass is 9.56. The SMILES string of the molecule is CN1C(=O)C2(Cl)CC3C(=CCC4C(=O)N(CCCC(=O)O)C(=O)C43)C(c3cccc(O)c3)C2(Cl)C1=O. The van der Waals surface area contributed by atoms with E-state index in [2.05, 4.69) is 0 Å². The number of amides is 4. The van der Waals surface area contributed by atoms with Crippen LogP contribution in [0.1, 0.15) is 37.2 Å². The van der Waals surface area contributed by atoms with E-state index in [1.165, 1.54) is 19.2 Å². The molecule has 3 fully saturated rings. The second-order valence-electron chi connectivity index (χ2n) is 9.92. The quantitative estimate of drug-likeness (QED) is 0.336. The van der Waals surface area contributed by atoms with Crippen molar-refractivity contribution in [2.24, 2.45) is 17.8 Å². The summed E-state index contributed by atoms with van der Waals surface area (Å²) in [4.78, 5) is 62.5. The van der Waals surface area contributed by atoms with E-state index >= 15 is 0 Å². The van der Waals surface area contributed by atoms with Crippen molar-refractivity contribution < 1.29 is 34.2 Å². The molecule has 2 N–H and O–H groups in total. The minimum Gasteiger partial charge on any atom is -0.508 e. The topological polar surface area (TPSA) is 132 Å². The van der Waals surface area contributed by atoms with E-state index in [0.717, 1.165) is 9.80 Å². The average molecular weight is 535 g/mol. The number of alkyl halides is 2. The number of imide groups is 2. The molecule has 2 aliphatic carbocycles. The Hall–Kier alpha value is -2.91. The fourth-order valence-corrected chi connectivity index (χ4v) is 7.52. The van der Waals surface area contributed by atoms with Gasteiger partial charge in [-0.2, -0.15) is 0 Å². The maximum Gasteiger partial charge on any atom is 0.303 e. The van der Waals surface area contributed by atoms with Crippen molar-refractivity contribution in [2.45, 2.75) is 41.3 Å². The Morgan fingerprint density at radius 2 is 1.83 bits per heavy atom. The molecule has 2 heterocycles. The van der Waals surface area contributed by atoms with Crippen LogP contribution in [0.2, 0.25) is 0 Å². The summed E-state index contributed by atoms with van der Waals surface area (Å²) in [5.74, 6) is -6.29. The second kappa shape index (κ2) is 8.31. The summed E-state index contributed by atoms with van der Waals surface area (Å²) >= 11 is 14.1. The number of carbonyl (C=O) groups excluding carboxylic acids is 4. The molecule has 1 saturated carbocycles. The Morgan fingerprint density at radius 1 is 1.11 bits per heavy atom. The van der Waals surface area contributed by atoms with Crippen molar-refractivity contribution in [1.29, 1.82) is 0 Å². The third-order valence-corrected chi connectivity index (χ3v) is 9.49. The van der Waals surface area contributed by atoms with E-state index in [1.54, 1.807) is 12.1 Å². The number of phenolic OH excluding ortho intramolecular Hbond substituents is 1. The molecular weight excluding hydrogens is 511 g/mol. The standard InChI is InChI=1S/C25H24Cl2N2O7/c1-28-22(35)24(26)11-16-14(19(25(24,27)23(28)36)12-4-2-5-13(30)10-12)7-8-15-18(16)21(34)29(20(15)33)9-3-6-17(31)32/h2,4-5,7,10,15-16,18-19,30H,3,6,8-9,11H2,1H3,(H,31,32). The zero-order chi connectivity index (χ0) is 26.2. The van der Waals surface area contributed by atoms with Gasteiger partial charge in [0.1, 0.15) is 5.75 Å². The number of carboxylic acids is 1. The van der Waals surface area contributed by atoms with Crippen molar-refractivity contribution in [3.05, 3.63) is 41.5 Å². The largest absolute Gasteiger partial charge is 0.508 e. The molecule has 0 radical (unpaired) electrons. The Balaban J connectivity index is 1.61. The number of carbonyl (C=O) groups is 5. The normalized spacial score (nSPS) is 35.5. The van der Waals surface area contributed by atoms with Crippen molar-refractivity contribution in [2.75, 3.05) is 13.6 Å². The molecular formula is C25H24Cl2N2O7. The fourth-order valence-electron chi connectivity index (χ4n) is 6.50. The molecule has 2 saturated heterocycles. The number of hydrogen-bond donors (Lipinski definition) is 2. The first-order chi connectivity index (χ1) is 16.9. The summed E-state index contributed by atoms with van der Waals surface area (Å²) in [6, 6.07) is 6.19. The highest BCUT2D eigenvalue weighted by Gasteiger charge is 2.75. The Bertz CT molecular complexity index is 1250. The van der Waals surface area contributed by atoms with E-state index in [-0.39, 0.29) is 43.9 Å². The highest BCUT2D eigenvalue weighted by atomic mass is 35.5. The van der Waals surface area contributed by atoms with Crippen molar-refractivity contribution in [1.82, 2.24) is 9.80 Å². The molecule has 0 spiro atoms. The third-order valence-electron chi connectivity index (χ3n) is 8.08. The molecule has 1 aromatic rings. The van der Waals surface area contributed by atoms with Gasteiger partial charge >= 0.3 is 5.97 Å². The summed E-state index contributed by atoms with van der Waals surface area (Å²) in [6.07, 6.45) is 1.87. The van der Waals surface area contributed by atoms with E-state index in [4.69, 9.17) is 28.3 Å². The molecule has 6 atom stereocenters. The van der Waals surface area contributed by atoms with Crippen LogP contribution in [0.25, 0.3) is 0 Å². The lowest BCUT2D eigenvalue weighted by Crippen LogP contribution is -2.60. The summed E-state index contributed by atoms with van der Waals surface area (Å²) in [6.45, 7) is -0.0133. The Morgan fingerprint density at radius 3 is 2.50 bits per heavy atom. The van der Waals surface area contributed by atoms with Gasteiger partial charge in [0.25, 0.3) is 11.8 Å². The van der Waals surface area contributed by atoms with Crippen LogP contribution in [0.3, 0.4) is 0 Å². The molecule has 5 rings (SSSR count). The monoisotopic (exact) mass is 534 g/mol. The zero-order valence-electron chi connectivity index (χ0n) is 19.3. The molecule has 1 aromatic carbocycles. The minimum atomic E-state index is -1.89. The van der Waals surface area contributed by atoms with Crippen LogP contribution in [0.15, 0.2) is 35.9 Å². The van der Waals surface area contributed by atoms with Crippen LogP contribution in [0, 0.1) is 17.8 Å². The van der Waals surface area contributed by atoms with Gasteiger partial charge in [0, 0.05) is 25.9 Å². The average Bonchev–Trinajstić information content (AvgIpc) is 3.14. The predicted molar refractivity (Wildman–Crippen MR) is 127 cm³/mol. The lowest BCUT2D eigenvalue weighted by Gasteiger charge is -2.50. The molecule has 0 aromatic heterocycles. The van der Waals surface area contributed by atoms with Gasteiger partial charge in [-0.05, 0) is 42.9 Å². The number of aromatic hydroxyl groups is 1. The molecule has 36 heavy (non-hydrogen) atoms. The van der Waals surface area contributed by atoms with Gasteiger partial charge in [0.05, 0.1) is 11.8 Å². The van der Waals surface area contributed by atoms with Crippen molar-refractivity contribution >= 4 is 52.8 Å². The smallest absolute Gasteiger partial charge is 0.303 e. The Kier molecular flexibility index (Phi) is 5.72. The zero-order valence-corrected chi connectivity index (χ0v) is 20.8. The molecule has 2 aliphatic heterocycles. The van der Waals surface area contributed by atoms with Gasteiger partial charge in [-0.15, -0.1) is 23.2 Å². The number of halogens is 2. The number of hydrogen-bond acceptors (Lipinski definition) is 6. The molecule has 0 bridgehead atoms. The number of fused-ring (bicyclic) bond motifs is 4. The first-order valence-electron chi connectivity index (χ1n) is 11.7. The maximum atomic E-state index is 13.5. The molecule has 4 aliphatic rings. The van der Waals surface area contributed by atoms with Gasteiger partial charge in [-0.1, -0.05) is 23.8 Å². The molecule has 11 heteroatoms. The van der Waals surface area contributed by atoms with Gasteiger partial charge in [0.15, 0.2) is 9.75 Å². The van der Waals surface area contributed by atoms with Crippen molar-refractivity contribution in [3.8, 4) is 5.75 Å². The first kappa shape index (κ1) is 24.8. The number of likely N-dealkylation sites (tertiary alicyclic amines) is 2. The number of phenols is 1. The molecule has 6 unspecified atom stereocenters. The van der Waals surface area contributed by atoms with Crippen LogP contribution in [0.4, 0.5) is 0 Å². The molecule has 4 amide bonds. The number of carboxylic acid groups (broad SMARTS) is 1. The maximum absolute atomic E-state index is 13.5. The summed E-state index contributed by atoms with van der Waals surface area (Å²) < 4.78 is 0. The highest BCUT2D eigenvalue weighted by molar-refractivity contribution is 6.53. The number of allylic oxidation sites excluding steroid dienone is 2. The van der Waals surface area contributed by atoms with Crippen LogP contribution in [-0.4, -0.2) is 73.0 Å². The van der Waals surface area contributed by atoms with Crippen LogP contribution < -0.4 is 0 Å². The number of nitrogens with zero attached hydrogens (tertiary/aromatic N) is 2. The van der Waals surface area contributed by atoms with E-state index in [1.807, 2.05) is 6.08 Å². The molecule has 190 valence electrons. The van der Waals surface area contributed by atoms with Gasteiger partial charge in [-0.25, -0.2) is 0 Å². The molecule has 9 nitrogen and oxygen atoms in total. The summed E-state index contributed by atoms with van der Waals surface area (Å²) in [7, 11) is 1.31. The first-order valence-corrected chi connectivity index (χ1v) is 12.5. The number of aliphatic carboxylic acids is 1. The predicted octanol–water partition coefficient (Wildman–Crippen LogP) is 2.25. The minimum absolute atomic E-state index is 0.0133. The van der Waals surface area contributed by atoms with Gasteiger partial charge < -0.3 is 10.2 Å². The lowest BCUT2D eigenvalue weighted by molar-refractivity contribution is -0.142. The van der Waals surface area contributed by atoms with Crippen molar-refractivity contribution in [3.63, 3.8) is 0 Å². The Labute approximate surface area is 216 Å². The highest BCUT2D eigenvalue weighted by Crippen LogP contribution is 2.65. The fraction of sp³-hybridized carbons (Fsp3) is 0.480. The van der Waals surface area contributed by atoms with E-state index < -0.39 is 57.1 Å². The third kappa shape index (κ3) is 3.18. The van der Waals surface area contributed by atoms with Crippen LogP contribution >= 0.6 is 23.2 Å². The van der Waals surface area contributed by atoms with Gasteiger partial charge in [0.2, 0.25) is 11.8 Å². The van der Waals surface area contributed by atoms with E-state index in [0.29, 0.717) is 11.1 Å².